The molecule has 200 valence electrons. The Morgan fingerprint density at radius 2 is 1.51 bits per heavy atom. The zero-order valence-corrected chi connectivity index (χ0v) is 20.1. The second-order valence-corrected chi connectivity index (χ2v) is 8.39. The maximum Gasteiger partial charge on any atom is 0.308 e. The molecule has 37 heavy (non-hydrogen) atoms. The summed E-state index contributed by atoms with van der Waals surface area (Å²) in [5, 5.41) is 49.4. The van der Waals surface area contributed by atoms with Crippen LogP contribution in [0.4, 0.5) is 0 Å². The van der Waals surface area contributed by atoms with Gasteiger partial charge in [-0.15, -0.1) is 0 Å². The minimum Gasteiger partial charge on any atom is -0.508 e. The molecule has 5 atom stereocenters. The third kappa shape index (κ3) is 7.02. The molecule has 0 bridgehead atoms. The molecule has 12 heteroatoms. The molecule has 0 aromatic heterocycles. The summed E-state index contributed by atoms with van der Waals surface area (Å²) in [6.45, 7) is 1.51. The van der Waals surface area contributed by atoms with Crippen molar-refractivity contribution in [3.8, 4) is 23.0 Å². The summed E-state index contributed by atoms with van der Waals surface area (Å²) < 4.78 is 21.3. The molecule has 0 saturated carbocycles. The number of phenolic OH excluding ortho intramolecular Hbond substituents is 1. The van der Waals surface area contributed by atoms with E-state index in [0.717, 1.165) is 31.5 Å². The Labute approximate surface area is 211 Å². The number of carbonyl (C=O) groups is 3. The quantitative estimate of drug-likeness (QED) is 0.172. The van der Waals surface area contributed by atoms with Crippen LogP contribution in [0.5, 0.6) is 23.0 Å². The van der Waals surface area contributed by atoms with Crippen molar-refractivity contribution in [2.24, 2.45) is 0 Å². The fourth-order valence-electron chi connectivity index (χ4n) is 3.73. The molecule has 0 aliphatic carbocycles. The van der Waals surface area contributed by atoms with Crippen LogP contribution >= 0.6 is 0 Å². The zero-order chi connectivity index (χ0) is 27.3. The molecular weight excluding hydrogens is 492 g/mol. The lowest BCUT2D eigenvalue weighted by molar-refractivity contribution is -0.277. The van der Waals surface area contributed by atoms with Crippen molar-refractivity contribution >= 4 is 17.7 Å². The first-order valence-corrected chi connectivity index (χ1v) is 11.3. The van der Waals surface area contributed by atoms with Crippen LogP contribution in [-0.2, 0) is 20.7 Å². The van der Waals surface area contributed by atoms with Crippen LogP contribution in [0.25, 0.3) is 0 Å². The molecule has 0 radical (unpaired) electrons. The average Bonchev–Trinajstić information content (AvgIpc) is 2.83. The number of aliphatic hydroxyl groups excluding tert-OH is 4. The Morgan fingerprint density at radius 3 is 2.11 bits per heavy atom. The third-order valence-corrected chi connectivity index (χ3v) is 5.50. The van der Waals surface area contributed by atoms with Gasteiger partial charge in [0.05, 0.1) is 6.61 Å². The van der Waals surface area contributed by atoms with Gasteiger partial charge in [0.15, 0.2) is 5.78 Å². The van der Waals surface area contributed by atoms with Crippen molar-refractivity contribution in [3.63, 3.8) is 0 Å². The predicted octanol–water partition coefficient (Wildman–Crippen LogP) is 0.237. The van der Waals surface area contributed by atoms with Gasteiger partial charge in [-0.1, -0.05) is 12.1 Å². The third-order valence-electron chi connectivity index (χ3n) is 5.50. The van der Waals surface area contributed by atoms with E-state index in [1.807, 2.05) is 0 Å². The molecule has 1 saturated heterocycles. The number of hydrogen-bond donors (Lipinski definition) is 5. The number of aryl methyl sites for hydroxylation is 1. The van der Waals surface area contributed by atoms with Crippen molar-refractivity contribution in [1.82, 2.24) is 0 Å². The molecule has 5 N–H and O–H groups in total. The first-order chi connectivity index (χ1) is 17.5. The number of ether oxygens (including phenoxy) is 4. The molecule has 1 aliphatic rings. The van der Waals surface area contributed by atoms with Gasteiger partial charge in [-0.3, -0.25) is 14.4 Å². The Bertz CT molecular complexity index is 1130. The summed E-state index contributed by atoms with van der Waals surface area (Å²) in [5.74, 6) is -2.76. The van der Waals surface area contributed by atoms with Gasteiger partial charge in [0.2, 0.25) is 6.29 Å². The number of ketones is 1. The molecule has 3 rings (SSSR count). The smallest absolute Gasteiger partial charge is 0.308 e. The van der Waals surface area contributed by atoms with Gasteiger partial charge in [0.1, 0.15) is 53.0 Å². The maximum atomic E-state index is 13.3. The largest absolute Gasteiger partial charge is 0.508 e. The standard InChI is InChI=1S/C25H28O12/c1-12(27)34-16-9-18(35-13(2)28)21(17(30)8-5-14-3-6-15(29)7-4-14)19(10-16)36-25-24(33)23(32)22(31)20(11-26)37-25/h3-4,6-7,9-10,20,22-26,29,31-33H,5,8,11H2,1-2H3/t20-,22-,23-,24+,25+/m0/s1. The minimum atomic E-state index is -1.80. The minimum absolute atomic E-state index is 0.0588. The molecule has 12 nitrogen and oxygen atoms in total. The highest BCUT2D eigenvalue weighted by Crippen LogP contribution is 2.38. The van der Waals surface area contributed by atoms with Gasteiger partial charge in [-0.2, -0.15) is 0 Å². The van der Waals surface area contributed by atoms with Crippen LogP contribution < -0.4 is 14.2 Å². The first-order valence-electron chi connectivity index (χ1n) is 11.3. The van der Waals surface area contributed by atoms with E-state index in [9.17, 15) is 39.9 Å². The number of phenols is 1. The Morgan fingerprint density at radius 1 is 0.892 bits per heavy atom. The summed E-state index contributed by atoms with van der Waals surface area (Å²) in [7, 11) is 0. The molecule has 1 aliphatic heterocycles. The highest BCUT2D eigenvalue weighted by Gasteiger charge is 2.45. The number of hydrogen-bond acceptors (Lipinski definition) is 12. The van der Waals surface area contributed by atoms with E-state index < -0.39 is 55.0 Å². The fourth-order valence-corrected chi connectivity index (χ4v) is 3.73. The lowest BCUT2D eigenvalue weighted by atomic mass is 9.98. The van der Waals surface area contributed by atoms with E-state index in [1.165, 1.54) is 12.1 Å². The van der Waals surface area contributed by atoms with E-state index in [1.54, 1.807) is 12.1 Å². The van der Waals surface area contributed by atoms with E-state index in [4.69, 9.17) is 18.9 Å². The monoisotopic (exact) mass is 520 g/mol. The number of aliphatic hydroxyl groups is 4. The molecule has 0 amide bonds. The Hall–Kier alpha value is -3.55. The summed E-state index contributed by atoms with van der Waals surface area (Å²) in [5.41, 5.74) is 0.495. The summed E-state index contributed by atoms with van der Waals surface area (Å²) in [6, 6.07) is 8.48. The SMILES string of the molecule is CC(=O)Oc1cc(OC(C)=O)c(C(=O)CCc2ccc(O)cc2)c(O[C@@H]2O[C@@H](CO)[C@H](O)[C@H](O)[C@H]2O)c1. The second-order valence-electron chi connectivity index (χ2n) is 8.39. The average molecular weight is 520 g/mol. The number of esters is 2. The van der Waals surface area contributed by atoms with Gasteiger partial charge < -0.3 is 44.5 Å². The van der Waals surface area contributed by atoms with Gasteiger partial charge in [0, 0.05) is 32.4 Å². The summed E-state index contributed by atoms with van der Waals surface area (Å²) >= 11 is 0. The summed E-state index contributed by atoms with van der Waals surface area (Å²) in [4.78, 5) is 36.7. The van der Waals surface area contributed by atoms with Crippen LogP contribution in [0.15, 0.2) is 36.4 Å². The lowest BCUT2D eigenvalue weighted by Gasteiger charge is -2.39. The van der Waals surface area contributed by atoms with Crippen molar-refractivity contribution < 1.29 is 58.9 Å². The van der Waals surface area contributed by atoms with E-state index in [2.05, 4.69) is 0 Å². The molecular formula is C25H28O12. The van der Waals surface area contributed by atoms with Crippen molar-refractivity contribution in [2.45, 2.75) is 57.4 Å². The second kappa shape index (κ2) is 12.1. The fraction of sp³-hybridized carbons (Fsp3) is 0.400. The Kier molecular flexibility index (Phi) is 9.18. The van der Waals surface area contributed by atoms with E-state index >= 15 is 0 Å². The van der Waals surface area contributed by atoms with Gasteiger partial charge in [-0.25, -0.2) is 0 Å². The number of Topliss-reactive ketones (excluding diaryl/α,β-unsaturated/α-hetero) is 1. The van der Waals surface area contributed by atoms with Crippen LogP contribution in [0.2, 0.25) is 0 Å². The first kappa shape index (κ1) is 28.0. The molecule has 2 aromatic carbocycles. The topological polar surface area (TPSA) is 189 Å². The number of aromatic hydroxyl groups is 1. The highest BCUT2D eigenvalue weighted by molar-refractivity contribution is 6.02. The normalized spacial score (nSPS) is 23.2. The van der Waals surface area contributed by atoms with Crippen LogP contribution in [-0.4, -0.2) is 80.6 Å². The van der Waals surface area contributed by atoms with Crippen molar-refractivity contribution in [1.29, 1.82) is 0 Å². The van der Waals surface area contributed by atoms with Crippen LogP contribution in [0.1, 0.15) is 36.2 Å². The van der Waals surface area contributed by atoms with Gasteiger partial charge >= 0.3 is 11.9 Å². The Balaban J connectivity index is 2.01. The predicted molar refractivity (Wildman–Crippen MR) is 124 cm³/mol. The van der Waals surface area contributed by atoms with Crippen LogP contribution in [0, 0.1) is 0 Å². The van der Waals surface area contributed by atoms with Gasteiger partial charge in [0.25, 0.3) is 0 Å². The number of benzene rings is 2. The molecule has 0 unspecified atom stereocenters. The van der Waals surface area contributed by atoms with Gasteiger partial charge in [-0.05, 0) is 24.1 Å². The van der Waals surface area contributed by atoms with Crippen molar-refractivity contribution in [2.75, 3.05) is 6.61 Å². The number of carbonyl (C=O) groups excluding carboxylic acids is 3. The molecule has 2 aromatic rings. The zero-order valence-electron chi connectivity index (χ0n) is 20.1. The lowest BCUT2D eigenvalue weighted by Crippen LogP contribution is -2.60. The summed E-state index contributed by atoms with van der Waals surface area (Å²) in [6.07, 6.45) is -8.02. The highest BCUT2D eigenvalue weighted by atomic mass is 16.7. The van der Waals surface area contributed by atoms with Crippen molar-refractivity contribution in [3.05, 3.63) is 47.5 Å². The molecule has 1 heterocycles. The number of rotatable bonds is 9. The molecule has 1 fully saturated rings. The molecule has 0 spiro atoms. The van der Waals surface area contributed by atoms with Crippen LogP contribution in [0.3, 0.4) is 0 Å². The maximum absolute atomic E-state index is 13.3. The van der Waals surface area contributed by atoms with E-state index in [-0.39, 0.29) is 41.4 Å². The van der Waals surface area contributed by atoms with E-state index in [0.29, 0.717) is 0 Å².